The van der Waals surface area contributed by atoms with Crippen LogP contribution in [0.5, 0.6) is 5.75 Å². The average Bonchev–Trinajstić information content (AvgIpc) is 2.66. The van der Waals surface area contributed by atoms with Crippen LogP contribution in [0.4, 0.5) is 0 Å². The minimum Gasteiger partial charge on any atom is -0.487 e. The number of nitrogens with zero attached hydrogens (tertiary/aromatic N) is 1. The molecule has 3 aromatic rings. The fourth-order valence-electron chi connectivity index (χ4n) is 2.46. The second kappa shape index (κ2) is 7.82. The average molecular weight is 395 g/mol. The molecule has 2 aromatic carbocycles. The number of ether oxygens (including phenoxy) is 1. The molecule has 1 N–H and O–H groups in total. The predicted molar refractivity (Wildman–Crippen MR) is 99.5 cm³/mol. The molecular weight excluding hydrogens is 380 g/mol. The summed E-state index contributed by atoms with van der Waals surface area (Å²) in [5.41, 5.74) is 3.31. The number of H-pyrrole nitrogens is 1. The van der Waals surface area contributed by atoms with Crippen LogP contribution in [0.2, 0.25) is 0 Å². The van der Waals surface area contributed by atoms with Crippen LogP contribution in [0.3, 0.4) is 0 Å². The van der Waals surface area contributed by atoms with Crippen molar-refractivity contribution in [2.75, 3.05) is 0 Å². The number of aromatic amines is 1. The fourth-order valence-corrected chi connectivity index (χ4v) is 2.94. The van der Waals surface area contributed by atoms with Gasteiger partial charge in [0.15, 0.2) is 0 Å². The molecule has 5 heteroatoms. The molecule has 0 aliphatic carbocycles. The lowest BCUT2D eigenvalue weighted by molar-refractivity contribution is 0.300. The van der Waals surface area contributed by atoms with Crippen LogP contribution in [0.25, 0.3) is 0 Å². The first-order chi connectivity index (χ1) is 12.2. The van der Waals surface area contributed by atoms with Gasteiger partial charge >= 0.3 is 0 Å². The van der Waals surface area contributed by atoms with Crippen molar-refractivity contribution in [3.63, 3.8) is 0 Å². The molecule has 0 bridgehead atoms. The highest BCUT2D eigenvalue weighted by molar-refractivity contribution is 9.10. The van der Waals surface area contributed by atoms with Gasteiger partial charge in [-0.3, -0.25) is 4.79 Å². The van der Waals surface area contributed by atoms with E-state index in [1.54, 1.807) is 18.3 Å². The summed E-state index contributed by atoms with van der Waals surface area (Å²) in [4.78, 5) is 14.6. The fraction of sp³-hybridized carbons (Fsp3) is 0.100. The smallest absolute Gasteiger partial charge is 0.266 e. The number of aromatic nitrogens is 1. The van der Waals surface area contributed by atoms with E-state index in [0.29, 0.717) is 28.8 Å². The van der Waals surface area contributed by atoms with Gasteiger partial charge < -0.3 is 9.72 Å². The van der Waals surface area contributed by atoms with E-state index < -0.39 is 0 Å². The number of pyridine rings is 1. The van der Waals surface area contributed by atoms with Gasteiger partial charge in [-0.2, -0.15) is 5.26 Å². The molecule has 0 radical (unpaired) electrons. The Balaban J connectivity index is 1.86. The number of halogens is 1. The minimum atomic E-state index is -0.230. The molecule has 3 rings (SSSR count). The van der Waals surface area contributed by atoms with E-state index in [0.717, 1.165) is 16.7 Å². The standard InChI is InChI=1S/C20H15BrN2O2/c21-18-19(25-13-16-4-2-1-3-5-16)17(12-23-20(18)24)10-14-6-8-15(11-22)9-7-14/h1-9,12H,10,13H2,(H,23,24). The third-order valence-electron chi connectivity index (χ3n) is 3.77. The molecule has 0 saturated carbocycles. The Bertz CT molecular complexity index is 958. The van der Waals surface area contributed by atoms with E-state index in [1.165, 1.54) is 0 Å². The lowest BCUT2D eigenvalue weighted by atomic mass is 10.0. The summed E-state index contributed by atoms with van der Waals surface area (Å²) in [7, 11) is 0. The van der Waals surface area contributed by atoms with Gasteiger partial charge in [-0.1, -0.05) is 42.5 Å². The van der Waals surface area contributed by atoms with Gasteiger partial charge in [-0.05, 0) is 39.2 Å². The number of benzene rings is 2. The summed E-state index contributed by atoms with van der Waals surface area (Å²) in [6.07, 6.45) is 2.26. The van der Waals surface area contributed by atoms with Crippen LogP contribution < -0.4 is 10.3 Å². The maximum atomic E-state index is 11.9. The van der Waals surface area contributed by atoms with Gasteiger partial charge in [0.2, 0.25) is 0 Å². The maximum absolute atomic E-state index is 11.9. The van der Waals surface area contributed by atoms with Crippen molar-refractivity contribution < 1.29 is 4.74 Å². The van der Waals surface area contributed by atoms with Gasteiger partial charge in [0.05, 0.1) is 11.6 Å². The van der Waals surface area contributed by atoms with Crippen molar-refractivity contribution in [1.82, 2.24) is 4.98 Å². The lowest BCUT2D eigenvalue weighted by Gasteiger charge is -2.13. The highest BCUT2D eigenvalue weighted by atomic mass is 79.9. The van der Waals surface area contributed by atoms with Gasteiger partial charge in [0, 0.05) is 18.2 Å². The zero-order valence-electron chi connectivity index (χ0n) is 13.3. The van der Waals surface area contributed by atoms with E-state index in [-0.39, 0.29) is 5.56 Å². The SMILES string of the molecule is N#Cc1ccc(Cc2c[nH]c(=O)c(Br)c2OCc2ccccc2)cc1. The Labute approximate surface area is 153 Å². The largest absolute Gasteiger partial charge is 0.487 e. The Kier molecular flexibility index (Phi) is 5.32. The van der Waals surface area contributed by atoms with Crippen molar-refractivity contribution in [3.8, 4) is 11.8 Å². The van der Waals surface area contributed by atoms with E-state index in [9.17, 15) is 4.79 Å². The lowest BCUT2D eigenvalue weighted by Crippen LogP contribution is -2.11. The van der Waals surface area contributed by atoms with Crippen LogP contribution in [0.1, 0.15) is 22.3 Å². The van der Waals surface area contributed by atoms with Crippen LogP contribution in [0, 0.1) is 11.3 Å². The number of nitrogens with one attached hydrogen (secondary N) is 1. The van der Waals surface area contributed by atoms with Gasteiger partial charge in [-0.15, -0.1) is 0 Å². The quantitative estimate of drug-likeness (QED) is 0.705. The molecule has 4 nitrogen and oxygen atoms in total. The molecule has 0 aliphatic heterocycles. The normalized spacial score (nSPS) is 10.2. The molecule has 0 saturated heterocycles. The summed E-state index contributed by atoms with van der Waals surface area (Å²) < 4.78 is 6.32. The second-order valence-electron chi connectivity index (χ2n) is 5.55. The third kappa shape index (κ3) is 4.17. The molecular formula is C20H15BrN2O2. The highest BCUT2D eigenvalue weighted by Crippen LogP contribution is 2.28. The second-order valence-corrected chi connectivity index (χ2v) is 6.34. The van der Waals surface area contributed by atoms with Crippen molar-refractivity contribution in [2.45, 2.75) is 13.0 Å². The summed E-state index contributed by atoms with van der Waals surface area (Å²) in [6, 6.07) is 19.3. The molecule has 0 atom stereocenters. The van der Waals surface area contributed by atoms with E-state index >= 15 is 0 Å². The zero-order valence-corrected chi connectivity index (χ0v) is 14.9. The summed E-state index contributed by atoms with van der Waals surface area (Å²) in [5, 5.41) is 8.89. The van der Waals surface area contributed by atoms with Crippen molar-refractivity contribution in [1.29, 1.82) is 5.26 Å². The monoisotopic (exact) mass is 394 g/mol. The Hall–Kier alpha value is -2.84. The first-order valence-corrected chi connectivity index (χ1v) is 8.52. The Morgan fingerprint density at radius 3 is 2.44 bits per heavy atom. The molecule has 0 unspecified atom stereocenters. The van der Waals surface area contributed by atoms with Crippen LogP contribution >= 0.6 is 15.9 Å². The molecule has 0 spiro atoms. The van der Waals surface area contributed by atoms with Gasteiger partial charge in [0.25, 0.3) is 5.56 Å². The number of hydrogen-bond donors (Lipinski definition) is 1. The Morgan fingerprint density at radius 1 is 1.04 bits per heavy atom. The van der Waals surface area contributed by atoms with E-state index in [1.807, 2.05) is 42.5 Å². The first-order valence-electron chi connectivity index (χ1n) is 7.73. The predicted octanol–water partition coefficient (Wildman–Crippen LogP) is 4.18. The molecule has 0 fully saturated rings. The third-order valence-corrected chi connectivity index (χ3v) is 4.49. The number of rotatable bonds is 5. The molecule has 1 heterocycles. The van der Waals surface area contributed by atoms with Crippen molar-refractivity contribution in [2.24, 2.45) is 0 Å². The summed E-state index contributed by atoms with van der Waals surface area (Å²) >= 11 is 3.33. The minimum absolute atomic E-state index is 0.230. The van der Waals surface area contributed by atoms with Crippen LogP contribution in [-0.2, 0) is 13.0 Å². The Morgan fingerprint density at radius 2 is 1.76 bits per heavy atom. The highest BCUT2D eigenvalue weighted by Gasteiger charge is 2.13. The molecule has 124 valence electrons. The molecule has 0 amide bonds. The van der Waals surface area contributed by atoms with Crippen LogP contribution in [0.15, 0.2) is 70.1 Å². The van der Waals surface area contributed by atoms with E-state index in [4.69, 9.17) is 10.00 Å². The van der Waals surface area contributed by atoms with E-state index in [2.05, 4.69) is 27.0 Å². The van der Waals surface area contributed by atoms with Gasteiger partial charge in [0.1, 0.15) is 16.8 Å². The zero-order chi connectivity index (χ0) is 17.6. The first kappa shape index (κ1) is 17.0. The summed E-state index contributed by atoms with van der Waals surface area (Å²) in [5.74, 6) is 0.539. The van der Waals surface area contributed by atoms with Gasteiger partial charge in [-0.25, -0.2) is 0 Å². The molecule has 1 aromatic heterocycles. The number of hydrogen-bond acceptors (Lipinski definition) is 3. The molecule has 25 heavy (non-hydrogen) atoms. The van der Waals surface area contributed by atoms with Crippen LogP contribution in [-0.4, -0.2) is 4.98 Å². The van der Waals surface area contributed by atoms with Crippen molar-refractivity contribution in [3.05, 3.63) is 97.9 Å². The number of nitriles is 1. The maximum Gasteiger partial charge on any atom is 0.266 e. The molecule has 0 aliphatic rings. The topological polar surface area (TPSA) is 65.9 Å². The summed E-state index contributed by atoms with van der Waals surface area (Å²) in [6.45, 7) is 0.378. The van der Waals surface area contributed by atoms with Crippen molar-refractivity contribution >= 4 is 15.9 Å².